The Morgan fingerprint density at radius 1 is 1.04 bits per heavy atom. The summed E-state index contributed by atoms with van der Waals surface area (Å²) in [6.07, 6.45) is 3.41. The van der Waals surface area contributed by atoms with Crippen LogP contribution in [-0.2, 0) is 6.54 Å². The van der Waals surface area contributed by atoms with Gasteiger partial charge in [0.25, 0.3) is 5.91 Å². The number of aromatic nitrogens is 2. The van der Waals surface area contributed by atoms with Crippen LogP contribution in [0.15, 0.2) is 89.7 Å². The maximum absolute atomic E-state index is 13.0. The van der Waals surface area contributed by atoms with Gasteiger partial charge in [-0.1, -0.05) is 60.7 Å². The zero-order valence-electron chi connectivity index (χ0n) is 15.6. The first kappa shape index (κ1) is 17.8. The fourth-order valence-electron chi connectivity index (χ4n) is 3.13. The number of hydrogen-bond donors (Lipinski definition) is 1. The van der Waals surface area contributed by atoms with Gasteiger partial charge in [-0.2, -0.15) is 5.10 Å². The summed E-state index contributed by atoms with van der Waals surface area (Å²) in [6.45, 7) is 2.50. The van der Waals surface area contributed by atoms with E-state index in [4.69, 9.17) is 9.52 Å². The second-order valence-corrected chi connectivity index (χ2v) is 6.65. The van der Waals surface area contributed by atoms with Gasteiger partial charge in [0.05, 0.1) is 24.4 Å². The third-order valence-corrected chi connectivity index (χ3v) is 4.56. The maximum Gasteiger partial charge on any atom is 0.255 e. The van der Waals surface area contributed by atoms with Crippen LogP contribution in [-0.4, -0.2) is 15.7 Å². The molecule has 4 aromatic rings. The summed E-state index contributed by atoms with van der Waals surface area (Å²) < 4.78 is 7.21. The van der Waals surface area contributed by atoms with Crippen molar-refractivity contribution < 1.29 is 9.21 Å². The van der Waals surface area contributed by atoms with Crippen molar-refractivity contribution in [1.82, 2.24) is 15.1 Å². The van der Waals surface area contributed by atoms with E-state index in [0.29, 0.717) is 23.6 Å². The van der Waals surface area contributed by atoms with E-state index in [1.807, 2.05) is 84.4 Å². The molecule has 0 aliphatic heterocycles. The van der Waals surface area contributed by atoms with Crippen molar-refractivity contribution in [1.29, 1.82) is 0 Å². The van der Waals surface area contributed by atoms with Gasteiger partial charge in [-0.15, -0.1) is 0 Å². The summed E-state index contributed by atoms with van der Waals surface area (Å²) in [4.78, 5) is 13.0. The lowest BCUT2D eigenvalue weighted by Crippen LogP contribution is -2.26. The number of nitrogens with zero attached hydrogens (tertiary/aromatic N) is 2. The highest BCUT2D eigenvalue weighted by Gasteiger charge is 2.20. The molecule has 5 heteroatoms. The normalized spacial score (nSPS) is 11.9. The average molecular weight is 371 g/mol. The summed E-state index contributed by atoms with van der Waals surface area (Å²) in [7, 11) is 0. The largest absolute Gasteiger partial charge is 0.467 e. The predicted molar refractivity (Wildman–Crippen MR) is 108 cm³/mol. The Hall–Kier alpha value is -3.60. The van der Waals surface area contributed by atoms with E-state index in [0.717, 1.165) is 11.1 Å². The molecule has 0 saturated heterocycles. The molecule has 140 valence electrons. The van der Waals surface area contributed by atoms with Crippen molar-refractivity contribution in [3.05, 3.63) is 102 Å². The van der Waals surface area contributed by atoms with Gasteiger partial charge in [0.2, 0.25) is 0 Å². The standard InChI is InChI=1S/C23H21N3O2/c1-17(21-13-8-14-28-21)24-23(27)20-16-26(15-18-9-4-2-5-10-18)25-22(20)19-11-6-3-7-12-19/h2-14,16-17H,15H2,1H3,(H,24,27)/t17-/m1/s1. The van der Waals surface area contributed by atoms with Crippen LogP contribution in [0.25, 0.3) is 11.3 Å². The lowest BCUT2D eigenvalue weighted by atomic mass is 10.1. The number of carbonyl (C=O) groups excluding carboxylic acids is 1. The van der Waals surface area contributed by atoms with Gasteiger partial charge in [0.15, 0.2) is 0 Å². The third kappa shape index (κ3) is 3.88. The van der Waals surface area contributed by atoms with Crippen LogP contribution in [0.1, 0.15) is 34.6 Å². The molecule has 5 nitrogen and oxygen atoms in total. The first-order chi connectivity index (χ1) is 13.7. The highest BCUT2D eigenvalue weighted by atomic mass is 16.3. The zero-order chi connectivity index (χ0) is 19.3. The van der Waals surface area contributed by atoms with E-state index >= 15 is 0 Å². The number of benzene rings is 2. The van der Waals surface area contributed by atoms with E-state index in [9.17, 15) is 4.79 Å². The average Bonchev–Trinajstić information content (AvgIpc) is 3.40. The van der Waals surface area contributed by atoms with Gasteiger partial charge >= 0.3 is 0 Å². The minimum atomic E-state index is -0.233. The second-order valence-electron chi connectivity index (χ2n) is 6.65. The minimum absolute atomic E-state index is 0.179. The molecule has 0 fully saturated rings. The Morgan fingerprint density at radius 2 is 1.75 bits per heavy atom. The van der Waals surface area contributed by atoms with Crippen molar-refractivity contribution in [2.24, 2.45) is 0 Å². The topological polar surface area (TPSA) is 60.1 Å². The van der Waals surface area contributed by atoms with Crippen LogP contribution in [0.3, 0.4) is 0 Å². The van der Waals surface area contributed by atoms with Gasteiger partial charge in [-0.25, -0.2) is 0 Å². The molecule has 2 aromatic heterocycles. The van der Waals surface area contributed by atoms with E-state index in [1.54, 1.807) is 12.5 Å². The Bertz CT molecular complexity index is 1040. The highest BCUT2D eigenvalue weighted by molar-refractivity contribution is 6.00. The summed E-state index contributed by atoms with van der Waals surface area (Å²) in [5.41, 5.74) is 3.24. The molecule has 0 aliphatic rings. The molecule has 0 bridgehead atoms. The fourth-order valence-corrected chi connectivity index (χ4v) is 3.13. The van der Waals surface area contributed by atoms with Crippen molar-refractivity contribution in [3.8, 4) is 11.3 Å². The third-order valence-electron chi connectivity index (χ3n) is 4.56. The molecule has 0 unspecified atom stereocenters. The van der Waals surface area contributed by atoms with Crippen LogP contribution in [0, 0.1) is 0 Å². The molecule has 2 aromatic carbocycles. The zero-order valence-corrected chi connectivity index (χ0v) is 15.6. The minimum Gasteiger partial charge on any atom is -0.467 e. The van der Waals surface area contributed by atoms with Crippen molar-refractivity contribution in [3.63, 3.8) is 0 Å². The first-order valence-electron chi connectivity index (χ1n) is 9.22. The van der Waals surface area contributed by atoms with Gasteiger partial charge in [-0.3, -0.25) is 9.48 Å². The molecule has 1 N–H and O–H groups in total. The molecular weight excluding hydrogens is 350 g/mol. The molecule has 0 aliphatic carbocycles. The van der Waals surface area contributed by atoms with E-state index < -0.39 is 0 Å². The molecule has 0 spiro atoms. The molecule has 0 radical (unpaired) electrons. The molecular formula is C23H21N3O2. The number of amides is 1. The number of nitrogens with one attached hydrogen (secondary N) is 1. The second kappa shape index (κ2) is 7.96. The first-order valence-corrected chi connectivity index (χ1v) is 9.22. The van der Waals surface area contributed by atoms with E-state index in [-0.39, 0.29) is 11.9 Å². The summed E-state index contributed by atoms with van der Waals surface area (Å²) in [5.74, 6) is 0.536. The van der Waals surface area contributed by atoms with Crippen molar-refractivity contribution in [2.45, 2.75) is 19.5 Å². The summed E-state index contributed by atoms with van der Waals surface area (Å²) in [5, 5.41) is 7.70. The number of carbonyl (C=O) groups is 1. The molecule has 1 amide bonds. The van der Waals surface area contributed by atoms with Gasteiger partial charge in [0.1, 0.15) is 11.5 Å². The van der Waals surface area contributed by atoms with Crippen LogP contribution in [0.4, 0.5) is 0 Å². The Balaban J connectivity index is 1.65. The van der Waals surface area contributed by atoms with E-state index in [2.05, 4.69) is 5.32 Å². The van der Waals surface area contributed by atoms with Crippen LogP contribution < -0.4 is 5.32 Å². The lowest BCUT2D eigenvalue weighted by molar-refractivity contribution is 0.0936. The SMILES string of the molecule is C[C@@H](NC(=O)c1cn(Cc2ccccc2)nc1-c1ccccc1)c1ccco1. The fraction of sp³-hybridized carbons (Fsp3) is 0.130. The maximum atomic E-state index is 13.0. The highest BCUT2D eigenvalue weighted by Crippen LogP contribution is 2.23. The molecule has 4 rings (SSSR count). The van der Waals surface area contributed by atoms with Gasteiger partial charge in [0, 0.05) is 11.8 Å². The van der Waals surface area contributed by atoms with Gasteiger partial charge in [-0.05, 0) is 24.6 Å². The summed E-state index contributed by atoms with van der Waals surface area (Å²) in [6, 6.07) is 23.2. The summed E-state index contributed by atoms with van der Waals surface area (Å²) >= 11 is 0. The van der Waals surface area contributed by atoms with E-state index in [1.165, 1.54) is 0 Å². The van der Waals surface area contributed by atoms with Crippen molar-refractivity contribution >= 4 is 5.91 Å². The van der Waals surface area contributed by atoms with Gasteiger partial charge < -0.3 is 9.73 Å². The molecule has 0 saturated carbocycles. The Kier molecular flexibility index (Phi) is 5.06. The molecule has 28 heavy (non-hydrogen) atoms. The predicted octanol–water partition coefficient (Wildman–Crippen LogP) is 4.68. The van der Waals surface area contributed by atoms with Crippen molar-refractivity contribution in [2.75, 3.05) is 0 Å². The number of hydrogen-bond acceptors (Lipinski definition) is 3. The molecule has 1 atom stereocenters. The Morgan fingerprint density at radius 3 is 2.43 bits per heavy atom. The lowest BCUT2D eigenvalue weighted by Gasteiger charge is -2.11. The smallest absolute Gasteiger partial charge is 0.255 e. The van der Waals surface area contributed by atoms with Crippen LogP contribution in [0.2, 0.25) is 0 Å². The quantitative estimate of drug-likeness (QED) is 0.535. The number of furan rings is 1. The Labute approximate surface area is 163 Å². The monoisotopic (exact) mass is 371 g/mol. The van der Waals surface area contributed by atoms with Crippen LogP contribution in [0.5, 0.6) is 0 Å². The molecule has 2 heterocycles. The number of rotatable bonds is 6. The van der Waals surface area contributed by atoms with Crippen LogP contribution >= 0.6 is 0 Å².